The smallest absolute Gasteiger partial charge is 0.271 e. The van der Waals surface area contributed by atoms with Gasteiger partial charge in [-0.05, 0) is 38.7 Å². The molecule has 2 aliphatic rings. The number of carbonyl (C=O) groups excluding carboxylic acids is 2. The first-order valence-corrected chi connectivity index (χ1v) is 13.3. The van der Waals surface area contributed by atoms with Crippen LogP contribution in [0.15, 0.2) is 18.6 Å². The molecule has 0 atom stereocenters. The molecule has 2 saturated carbocycles. The molecule has 6 rings (SSSR count). The maximum atomic E-state index is 13.7. The lowest BCUT2D eigenvalue weighted by atomic mass is 10.2. The number of aromatic nitrogens is 5. The fourth-order valence-corrected chi connectivity index (χ4v) is 5.62. The molecule has 0 bridgehead atoms. The van der Waals surface area contributed by atoms with E-state index in [-0.39, 0.29) is 11.8 Å². The van der Waals surface area contributed by atoms with Crippen molar-refractivity contribution < 1.29 is 9.59 Å². The highest BCUT2D eigenvalue weighted by atomic mass is 32.1. The molecule has 10 nitrogen and oxygen atoms in total. The van der Waals surface area contributed by atoms with Crippen LogP contribution in [0.25, 0.3) is 22.1 Å². The van der Waals surface area contributed by atoms with E-state index in [0.717, 1.165) is 52.6 Å². The standard InChI is InChI=1S/C25H30N8O2S/c1-5-32-18(24(35)33(14-6-7-14)15-8-9-15)11-17-21-20(27-13-31(21)4)22(28-23(17)32)29-25-26-12-16(36-25)10-19(34)30(2)3/h11-15H,5-10H2,1-4H3,(H,26,28,29). The van der Waals surface area contributed by atoms with E-state index in [0.29, 0.717) is 41.7 Å². The third-order valence-corrected chi connectivity index (χ3v) is 7.87. The summed E-state index contributed by atoms with van der Waals surface area (Å²) in [6.07, 6.45) is 8.20. The summed E-state index contributed by atoms with van der Waals surface area (Å²) in [5, 5.41) is 4.90. The number of pyridine rings is 1. The average Bonchev–Trinajstić information content (AvgIpc) is 3.75. The highest BCUT2D eigenvalue weighted by Gasteiger charge is 2.43. The molecule has 0 spiro atoms. The van der Waals surface area contributed by atoms with E-state index in [1.807, 2.05) is 29.2 Å². The first kappa shape index (κ1) is 23.0. The van der Waals surface area contributed by atoms with Gasteiger partial charge in [-0.2, -0.15) is 0 Å². The van der Waals surface area contributed by atoms with E-state index in [1.54, 1.807) is 31.5 Å². The second-order valence-electron chi connectivity index (χ2n) is 9.92. The van der Waals surface area contributed by atoms with Gasteiger partial charge in [0.05, 0.1) is 18.3 Å². The molecule has 4 aromatic rings. The van der Waals surface area contributed by atoms with Crippen molar-refractivity contribution in [2.75, 3.05) is 19.4 Å². The van der Waals surface area contributed by atoms with E-state index < -0.39 is 0 Å². The van der Waals surface area contributed by atoms with Crippen LogP contribution in [0.3, 0.4) is 0 Å². The van der Waals surface area contributed by atoms with E-state index in [9.17, 15) is 9.59 Å². The number of amides is 2. The minimum absolute atomic E-state index is 0.0290. The molecule has 11 heteroatoms. The zero-order chi connectivity index (χ0) is 25.1. The van der Waals surface area contributed by atoms with Gasteiger partial charge in [-0.25, -0.2) is 15.0 Å². The van der Waals surface area contributed by atoms with Crippen LogP contribution < -0.4 is 5.32 Å². The quantitative estimate of drug-likeness (QED) is 0.392. The van der Waals surface area contributed by atoms with Crippen molar-refractivity contribution in [2.24, 2.45) is 7.05 Å². The lowest BCUT2D eigenvalue weighted by Gasteiger charge is -2.22. The lowest BCUT2D eigenvalue weighted by Crippen LogP contribution is -2.36. The van der Waals surface area contributed by atoms with Gasteiger partial charge in [0, 0.05) is 56.2 Å². The highest BCUT2D eigenvalue weighted by molar-refractivity contribution is 7.15. The summed E-state index contributed by atoms with van der Waals surface area (Å²) >= 11 is 1.43. The van der Waals surface area contributed by atoms with Gasteiger partial charge < -0.3 is 24.3 Å². The fraction of sp³-hybridized carbons (Fsp3) is 0.480. The van der Waals surface area contributed by atoms with Crippen LogP contribution >= 0.6 is 11.3 Å². The van der Waals surface area contributed by atoms with Crippen LogP contribution in [0, 0.1) is 0 Å². The molecule has 2 fully saturated rings. The summed E-state index contributed by atoms with van der Waals surface area (Å²) in [5.41, 5.74) is 3.09. The average molecular weight is 507 g/mol. The number of aryl methyl sites for hydroxylation is 2. The van der Waals surface area contributed by atoms with Crippen molar-refractivity contribution in [1.29, 1.82) is 0 Å². The van der Waals surface area contributed by atoms with Gasteiger partial charge in [-0.1, -0.05) is 0 Å². The van der Waals surface area contributed by atoms with Gasteiger partial charge in [-0.15, -0.1) is 11.3 Å². The Morgan fingerprint density at radius 3 is 2.53 bits per heavy atom. The first-order chi connectivity index (χ1) is 17.4. The SMILES string of the molecule is CCn1c(C(=O)N(C2CC2)C2CC2)cc2c3c(ncn3C)c(Nc3ncc(CC(=O)N(C)C)s3)nc21. The highest BCUT2D eigenvalue weighted by Crippen LogP contribution is 2.40. The minimum Gasteiger partial charge on any atom is -0.349 e. The maximum absolute atomic E-state index is 13.7. The molecule has 36 heavy (non-hydrogen) atoms. The van der Waals surface area contributed by atoms with Crippen molar-refractivity contribution in [1.82, 2.24) is 33.9 Å². The van der Waals surface area contributed by atoms with Crippen LogP contribution in [0.1, 0.15) is 48.0 Å². The number of hydrogen-bond donors (Lipinski definition) is 1. The predicted octanol–water partition coefficient (Wildman–Crippen LogP) is 3.54. The van der Waals surface area contributed by atoms with Crippen LogP contribution in [0.2, 0.25) is 0 Å². The molecule has 2 aliphatic carbocycles. The van der Waals surface area contributed by atoms with Crippen molar-refractivity contribution in [3.8, 4) is 0 Å². The van der Waals surface area contributed by atoms with Crippen molar-refractivity contribution in [3.63, 3.8) is 0 Å². The monoisotopic (exact) mass is 506 g/mol. The van der Waals surface area contributed by atoms with Crippen molar-refractivity contribution in [2.45, 2.75) is 57.7 Å². The topological polar surface area (TPSA) is 101 Å². The maximum Gasteiger partial charge on any atom is 0.271 e. The lowest BCUT2D eigenvalue weighted by molar-refractivity contribution is -0.127. The number of thiazole rings is 1. The van der Waals surface area contributed by atoms with Gasteiger partial charge in [0.15, 0.2) is 10.9 Å². The Hall–Kier alpha value is -3.47. The van der Waals surface area contributed by atoms with E-state index in [4.69, 9.17) is 4.98 Å². The molecule has 4 heterocycles. The fourth-order valence-electron chi connectivity index (χ4n) is 4.82. The third-order valence-electron chi connectivity index (χ3n) is 6.96. The summed E-state index contributed by atoms with van der Waals surface area (Å²) in [6, 6.07) is 2.76. The van der Waals surface area contributed by atoms with E-state index in [1.165, 1.54) is 11.3 Å². The second kappa shape index (κ2) is 8.58. The van der Waals surface area contributed by atoms with E-state index in [2.05, 4.69) is 20.2 Å². The first-order valence-electron chi connectivity index (χ1n) is 12.4. The Balaban J connectivity index is 1.41. The van der Waals surface area contributed by atoms with Gasteiger partial charge in [0.1, 0.15) is 16.9 Å². The molecular formula is C25H30N8O2S. The Morgan fingerprint density at radius 1 is 1.17 bits per heavy atom. The Morgan fingerprint density at radius 2 is 1.89 bits per heavy atom. The van der Waals surface area contributed by atoms with Gasteiger partial charge in [-0.3, -0.25) is 9.59 Å². The Labute approximate surface area is 212 Å². The van der Waals surface area contributed by atoms with Gasteiger partial charge in [0.25, 0.3) is 5.91 Å². The second-order valence-corrected chi connectivity index (χ2v) is 11.0. The molecule has 0 unspecified atom stereocenters. The number of anilines is 2. The Kier molecular flexibility index (Phi) is 5.47. The summed E-state index contributed by atoms with van der Waals surface area (Å²) < 4.78 is 4.00. The summed E-state index contributed by atoms with van der Waals surface area (Å²) in [7, 11) is 5.45. The van der Waals surface area contributed by atoms with Crippen LogP contribution in [-0.4, -0.2) is 71.9 Å². The molecule has 0 saturated heterocycles. The van der Waals surface area contributed by atoms with Crippen LogP contribution in [0.5, 0.6) is 0 Å². The number of likely N-dealkylation sites (N-methyl/N-ethyl adjacent to an activating group) is 1. The zero-order valence-electron chi connectivity index (χ0n) is 21.0. The number of nitrogens with zero attached hydrogens (tertiary/aromatic N) is 7. The van der Waals surface area contributed by atoms with Gasteiger partial charge in [0.2, 0.25) is 5.91 Å². The third kappa shape index (κ3) is 3.91. The van der Waals surface area contributed by atoms with Crippen LogP contribution in [0.4, 0.5) is 10.9 Å². The van der Waals surface area contributed by atoms with Gasteiger partial charge >= 0.3 is 0 Å². The predicted molar refractivity (Wildman–Crippen MR) is 140 cm³/mol. The number of rotatable bonds is 8. The van der Waals surface area contributed by atoms with Crippen molar-refractivity contribution >= 4 is 56.2 Å². The number of hydrogen-bond acceptors (Lipinski definition) is 7. The van der Waals surface area contributed by atoms with Crippen LogP contribution in [-0.2, 0) is 24.8 Å². The molecule has 1 N–H and O–H groups in total. The zero-order valence-corrected chi connectivity index (χ0v) is 21.8. The molecule has 0 aromatic carbocycles. The normalized spacial score (nSPS) is 15.6. The number of imidazole rings is 1. The van der Waals surface area contributed by atoms with E-state index >= 15 is 0 Å². The molecule has 0 radical (unpaired) electrons. The number of nitrogens with one attached hydrogen (secondary N) is 1. The number of carbonyl (C=O) groups is 2. The molecular weight excluding hydrogens is 476 g/mol. The molecule has 2 amide bonds. The minimum atomic E-state index is 0.0290. The summed E-state index contributed by atoms with van der Waals surface area (Å²) in [5.74, 6) is 0.729. The summed E-state index contributed by atoms with van der Waals surface area (Å²) in [4.78, 5) is 44.4. The molecule has 0 aliphatic heterocycles. The largest absolute Gasteiger partial charge is 0.349 e. The van der Waals surface area contributed by atoms with Crippen molar-refractivity contribution in [3.05, 3.63) is 29.2 Å². The summed E-state index contributed by atoms with van der Waals surface area (Å²) in [6.45, 7) is 2.68. The molecule has 188 valence electrons. The molecule has 4 aromatic heterocycles. The Bertz CT molecular complexity index is 1480. The number of fused-ring (bicyclic) bond motifs is 3.